The van der Waals surface area contributed by atoms with Crippen molar-refractivity contribution in [2.24, 2.45) is 0 Å². The van der Waals surface area contributed by atoms with Crippen molar-refractivity contribution < 1.29 is 14.3 Å². The smallest absolute Gasteiger partial charge is 0.318 e. The van der Waals surface area contributed by atoms with Gasteiger partial charge in [-0.25, -0.2) is 0 Å². The van der Waals surface area contributed by atoms with Crippen LogP contribution >= 0.6 is 0 Å². The zero-order chi connectivity index (χ0) is 21.7. The molecule has 154 valence electrons. The zero-order valence-corrected chi connectivity index (χ0v) is 17.8. The molecule has 0 aliphatic carbocycles. The summed E-state index contributed by atoms with van der Waals surface area (Å²) in [7, 11) is 0. The number of amides is 1. The average molecular weight is 402 g/mol. The van der Waals surface area contributed by atoms with Crippen LogP contribution in [0.4, 0.5) is 5.69 Å². The van der Waals surface area contributed by atoms with E-state index >= 15 is 0 Å². The molecule has 1 amide bonds. The third-order valence-electron chi connectivity index (χ3n) is 5.09. The molecule has 4 heteroatoms. The Morgan fingerprint density at radius 1 is 0.800 bits per heavy atom. The fraction of sp³-hybridized carbons (Fsp3) is 0.231. The van der Waals surface area contributed by atoms with Gasteiger partial charge in [0, 0.05) is 5.69 Å². The van der Waals surface area contributed by atoms with Crippen LogP contribution in [0.3, 0.4) is 0 Å². The molecule has 0 spiro atoms. The highest BCUT2D eigenvalue weighted by Crippen LogP contribution is 2.27. The van der Waals surface area contributed by atoms with Gasteiger partial charge >= 0.3 is 5.97 Å². The predicted molar refractivity (Wildman–Crippen MR) is 120 cm³/mol. The van der Waals surface area contributed by atoms with Crippen molar-refractivity contribution in [2.75, 3.05) is 5.32 Å². The van der Waals surface area contributed by atoms with Gasteiger partial charge in [0.05, 0.1) is 0 Å². The molecule has 1 unspecified atom stereocenters. The molecule has 0 saturated carbocycles. The highest BCUT2D eigenvalue weighted by Gasteiger charge is 2.28. The topological polar surface area (TPSA) is 55.4 Å². The third kappa shape index (κ3) is 4.95. The minimum absolute atomic E-state index is 0.349. The number of hydrogen-bond donors (Lipinski definition) is 1. The summed E-state index contributed by atoms with van der Waals surface area (Å²) in [5.74, 6) is -1.39. The van der Waals surface area contributed by atoms with Gasteiger partial charge in [0.25, 0.3) is 5.91 Å². The Morgan fingerprint density at radius 3 is 1.73 bits per heavy atom. The summed E-state index contributed by atoms with van der Waals surface area (Å²) in [4.78, 5) is 25.8. The summed E-state index contributed by atoms with van der Waals surface area (Å²) in [5.41, 5.74) is 5.50. The molecule has 3 aromatic rings. The summed E-state index contributed by atoms with van der Waals surface area (Å²) >= 11 is 0. The second-order valence-electron chi connectivity index (χ2n) is 7.60. The number of anilines is 1. The van der Waals surface area contributed by atoms with E-state index in [1.165, 1.54) is 0 Å². The van der Waals surface area contributed by atoms with Gasteiger partial charge in [-0.15, -0.1) is 0 Å². The second-order valence-corrected chi connectivity index (χ2v) is 7.60. The number of nitrogens with one attached hydrogen (secondary N) is 1. The fourth-order valence-corrected chi connectivity index (χ4v) is 3.65. The molecule has 0 aliphatic rings. The van der Waals surface area contributed by atoms with Crippen molar-refractivity contribution in [1.82, 2.24) is 0 Å². The lowest BCUT2D eigenvalue weighted by molar-refractivity contribution is -0.153. The highest BCUT2D eigenvalue weighted by molar-refractivity contribution is 5.97. The SMILES string of the molecule is Cc1cc(C)c(NC(=O)C(C)OC(=O)C(c2ccccc2)c2ccccc2)c(C)c1. The van der Waals surface area contributed by atoms with Crippen LogP contribution in [0.25, 0.3) is 0 Å². The first-order chi connectivity index (χ1) is 14.4. The van der Waals surface area contributed by atoms with Crippen LogP contribution in [0.2, 0.25) is 0 Å². The number of benzene rings is 3. The van der Waals surface area contributed by atoms with E-state index in [1.54, 1.807) is 6.92 Å². The van der Waals surface area contributed by atoms with Gasteiger partial charge in [-0.1, -0.05) is 78.4 Å². The first kappa shape index (κ1) is 21.3. The Hall–Kier alpha value is -3.40. The van der Waals surface area contributed by atoms with E-state index < -0.39 is 18.0 Å². The molecule has 0 radical (unpaired) electrons. The van der Waals surface area contributed by atoms with Gasteiger partial charge in [-0.2, -0.15) is 0 Å². The molecule has 3 aromatic carbocycles. The van der Waals surface area contributed by atoms with E-state index in [1.807, 2.05) is 93.6 Å². The minimum Gasteiger partial charge on any atom is -0.452 e. The van der Waals surface area contributed by atoms with Crippen LogP contribution in [-0.2, 0) is 14.3 Å². The molecule has 1 atom stereocenters. The monoisotopic (exact) mass is 401 g/mol. The predicted octanol–water partition coefficient (Wildman–Crippen LogP) is 5.31. The maximum absolute atomic E-state index is 13.1. The number of carbonyl (C=O) groups excluding carboxylic acids is 2. The first-order valence-electron chi connectivity index (χ1n) is 10.1. The largest absolute Gasteiger partial charge is 0.452 e. The minimum atomic E-state index is -0.924. The molecule has 1 N–H and O–H groups in total. The number of esters is 1. The van der Waals surface area contributed by atoms with Crippen molar-refractivity contribution in [1.29, 1.82) is 0 Å². The molecule has 0 saturated heterocycles. The quantitative estimate of drug-likeness (QED) is 0.569. The van der Waals surface area contributed by atoms with Crippen LogP contribution in [0.1, 0.15) is 40.7 Å². The standard InChI is InChI=1S/C26H27NO3/c1-17-15-18(2)24(19(3)16-17)27-25(28)20(4)30-26(29)23(21-11-7-5-8-12-21)22-13-9-6-10-14-22/h5-16,20,23H,1-4H3,(H,27,28). The van der Waals surface area contributed by atoms with Gasteiger partial charge in [-0.3, -0.25) is 9.59 Å². The van der Waals surface area contributed by atoms with Crippen molar-refractivity contribution >= 4 is 17.6 Å². The molecule has 0 heterocycles. The number of hydrogen-bond acceptors (Lipinski definition) is 3. The molecule has 0 aromatic heterocycles. The van der Waals surface area contributed by atoms with E-state index in [4.69, 9.17) is 4.74 Å². The van der Waals surface area contributed by atoms with Gasteiger partial charge in [-0.05, 0) is 49.9 Å². The maximum Gasteiger partial charge on any atom is 0.318 e. The Bertz CT molecular complexity index is 966. The summed E-state index contributed by atoms with van der Waals surface area (Å²) in [6.45, 7) is 7.52. The van der Waals surface area contributed by atoms with Crippen LogP contribution in [0.5, 0.6) is 0 Å². The van der Waals surface area contributed by atoms with Gasteiger partial charge in [0.15, 0.2) is 6.10 Å². The summed E-state index contributed by atoms with van der Waals surface area (Å²) in [6, 6.07) is 22.9. The lowest BCUT2D eigenvalue weighted by Gasteiger charge is -2.21. The summed E-state index contributed by atoms with van der Waals surface area (Å²) in [5, 5.41) is 2.91. The molecular weight excluding hydrogens is 374 g/mol. The Balaban J connectivity index is 1.78. The molecule has 4 nitrogen and oxygen atoms in total. The fourth-order valence-electron chi connectivity index (χ4n) is 3.65. The van der Waals surface area contributed by atoms with Crippen LogP contribution in [0.15, 0.2) is 72.8 Å². The van der Waals surface area contributed by atoms with Crippen LogP contribution in [0, 0.1) is 20.8 Å². The first-order valence-corrected chi connectivity index (χ1v) is 10.1. The van der Waals surface area contributed by atoms with Crippen LogP contribution < -0.4 is 5.32 Å². The van der Waals surface area contributed by atoms with E-state index in [-0.39, 0.29) is 5.91 Å². The lowest BCUT2D eigenvalue weighted by atomic mass is 9.91. The molecule has 30 heavy (non-hydrogen) atoms. The Labute approximate surface area is 177 Å². The number of rotatable bonds is 6. The van der Waals surface area contributed by atoms with E-state index in [9.17, 15) is 9.59 Å². The molecular formula is C26H27NO3. The van der Waals surface area contributed by atoms with Gasteiger partial charge in [0.1, 0.15) is 5.92 Å². The summed E-state index contributed by atoms with van der Waals surface area (Å²) in [6.07, 6.45) is -0.924. The normalized spacial score (nSPS) is 11.8. The van der Waals surface area contributed by atoms with Gasteiger partial charge in [0.2, 0.25) is 0 Å². The van der Waals surface area contributed by atoms with Crippen molar-refractivity contribution in [3.63, 3.8) is 0 Å². The number of carbonyl (C=O) groups is 2. The number of aryl methyl sites for hydroxylation is 3. The second kappa shape index (κ2) is 9.40. The molecule has 0 fully saturated rings. The molecule has 0 bridgehead atoms. The Morgan fingerprint density at radius 2 is 1.27 bits per heavy atom. The highest BCUT2D eigenvalue weighted by atomic mass is 16.5. The van der Waals surface area contributed by atoms with Crippen LogP contribution in [-0.4, -0.2) is 18.0 Å². The van der Waals surface area contributed by atoms with E-state index in [2.05, 4.69) is 5.32 Å². The zero-order valence-electron chi connectivity index (χ0n) is 17.8. The van der Waals surface area contributed by atoms with Crippen molar-refractivity contribution in [3.8, 4) is 0 Å². The summed E-state index contributed by atoms with van der Waals surface area (Å²) < 4.78 is 5.61. The van der Waals surface area contributed by atoms with Crippen molar-refractivity contribution in [3.05, 3.63) is 101 Å². The maximum atomic E-state index is 13.1. The van der Waals surface area contributed by atoms with E-state index in [0.717, 1.165) is 33.5 Å². The van der Waals surface area contributed by atoms with E-state index in [0.29, 0.717) is 0 Å². The molecule has 0 aliphatic heterocycles. The Kier molecular flexibility index (Phi) is 6.68. The molecule has 3 rings (SSSR count). The third-order valence-corrected chi connectivity index (χ3v) is 5.09. The van der Waals surface area contributed by atoms with Crippen molar-refractivity contribution in [2.45, 2.75) is 39.7 Å². The average Bonchev–Trinajstić information content (AvgIpc) is 2.72. The van der Waals surface area contributed by atoms with Gasteiger partial charge < -0.3 is 10.1 Å². The lowest BCUT2D eigenvalue weighted by Crippen LogP contribution is -2.32. The number of ether oxygens (including phenoxy) is 1.